The van der Waals surface area contributed by atoms with Gasteiger partial charge in [0.25, 0.3) is 0 Å². The molecular weight excluding hydrogens is 482 g/mol. The third-order valence-corrected chi connectivity index (χ3v) is 7.15. The zero-order valence-electron chi connectivity index (χ0n) is 20.8. The topological polar surface area (TPSA) is 55.3 Å². The summed E-state index contributed by atoms with van der Waals surface area (Å²) in [6, 6.07) is 38.8. The molecule has 0 saturated heterocycles. The van der Waals surface area contributed by atoms with Crippen LogP contribution in [0.2, 0.25) is 0 Å². The Labute approximate surface area is 223 Å². The first-order valence-electron chi connectivity index (χ1n) is 12.8. The monoisotopic (exact) mass is 503 g/mol. The molecule has 0 aliphatic heterocycles. The normalized spacial score (nSPS) is 11.6. The summed E-state index contributed by atoms with van der Waals surface area (Å²) < 4.78 is 12.4. The van der Waals surface area contributed by atoms with Crippen LogP contribution < -0.4 is 4.90 Å². The molecule has 0 amide bonds. The van der Waals surface area contributed by atoms with Crippen molar-refractivity contribution < 1.29 is 8.83 Å². The van der Waals surface area contributed by atoms with Crippen LogP contribution in [0, 0.1) is 0 Å². The number of fused-ring (bicyclic) bond motifs is 6. The van der Waals surface area contributed by atoms with Gasteiger partial charge in [-0.3, -0.25) is 0 Å². The Balaban J connectivity index is 1.38. The lowest BCUT2D eigenvalue weighted by Crippen LogP contribution is -2.11. The van der Waals surface area contributed by atoms with Gasteiger partial charge in [-0.05, 0) is 35.9 Å². The first kappa shape index (κ1) is 21.6. The minimum Gasteiger partial charge on any atom is -0.454 e. The molecule has 0 aliphatic carbocycles. The second-order valence-electron chi connectivity index (χ2n) is 9.50. The van der Waals surface area contributed by atoms with Crippen molar-refractivity contribution in [2.24, 2.45) is 0 Å². The standard InChI is InChI=1S/C34H21N3O2/c1-2-10-22(11-3-1)25-12-4-7-15-28(25)37(23-18-31-33(35-20-23)26-13-5-8-16-29(26)38-31)24-19-32-34(36-21-24)27-14-6-9-17-30(27)39-32/h1-21H. The second-order valence-corrected chi connectivity index (χ2v) is 9.50. The zero-order chi connectivity index (χ0) is 25.8. The van der Waals surface area contributed by atoms with Gasteiger partial charge in [0.1, 0.15) is 22.2 Å². The molecule has 0 saturated carbocycles. The van der Waals surface area contributed by atoms with Crippen LogP contribution in [0.1, 0.15) is 0 Å². The number of furan rings is 2. The zero-order valence-corrected chi connectivity index (χ0v) is 20.8. The lowest BCUT2D eigenvalue weighted by molar-refractivity contribution is 0.668. The Morgan fingerprint density at radius 1 is 0.487 bits per heavy atom. The Bertz CT molecular complexity index is 2030. The summed E-state index contributed by atoms with van der Waals surface area (Å²) >= 11 is 0. The van der Waals surface area contributed by atoms with Gasteiger partial charge in [0.05, 0.1) is 29.5 Å². The van der Waals surface area contributed by atoms with Crippen molar-refractivity contribution in [3.63, 3.8) is 0 Å². The van der Waals surface area contributed by atoms with E-state index in [1.807, 2.05) is 79.1 Å². The van der Waals surface area contributed by atoms with Crippen LogP contribution in [0.5, 0.6) is 0 Å². The molecule has 0 atom stereocenters. The minimum absolute atomic E-state index is 0.730. The number of benzene rings is 4. The molecule has 0 fully saturated rings. The second kappa shape index (κ2) is 8.57. The summed E-state index contributed by atoms with van der Waals surface area (Å²) in [6.45, 7) is 0. The van der Waals surface area contributed by atoms with Crippen molar-refractivity contribution in [2.45, 2.75) is 0 Å². The van der Waals surface area contributed by atoms with E-state index in [4.69, 9.17) is 18.8 Å². The maximum atomic E-state index is 6.22. The summed E-state index contributed by atoms with van der Waals surface area (Å²) in [5.41, 5.74) is 9.72. The molecule has 0 bridgehead atoms. The van der Waals surface area contributed by atoms with E-state index in [1.165, 1.54) is 0 Å². The smallest absolute Gasteiger partial charge is 0.155 e. The average Bonchev–Trinajstić information content (AvgIpc) is 3.55. The average molecular weight is 504 g/mol. The van der Waals surface area contributed by atoms with Crippen molar-refractivity contribution in [2.75, 3.05) is 4.90 Å². The molecule has 8 rings (SSSR count). The summed E-state index contributed by atoms with van der Waals surface area (Å²) in [5, 5.41) is 2.00. The summed E-state index contributed by atoms with van der Waals surface area (Å²) in [5.74, 6) is 0. The molecule has 184 valence electrons. The summed E-state index contributed by atoms with van der Waals surface area (Å²) in [4.78, 5) is 11.9. The maximum absolute atomic E-state index is 6.22. The van der Waals surface area contributed by atoms with Crippen LogP contribution in [0.15, 0.2) is 136 Å². The van der Waals surface area contributed by atoms with E-state index in [9.17, 15) is 0 Å². The molecule has 4 aromatic carbocycles. The van der Waals surface area contributed by atoms with E-state index in [1.54, 1.807) is 0 Å². The van der Waals surface area contributed by atoms with Gasteiger partial charge in [-0.2, -0.15) is 0 Å². The van der Waals surface area contributed by atoms with Crippen molar-refractivity contribution in [1.29, 1.82) is 0 Å². The molecule has 8 aromatic rings. The van der Waals surface area contributed by atoms with Crippen molar-refractivity contribution in [3.8, 4) is 11.1 Å². The molecule has 5 nitrogen and oxygen atoms in total. The molecule has 0 unspecified atom stereocenters. The predicted octanol–water partition coefficient (Wildman–Crippen LogP) is 9.41. The molecule has 39 heavy (non-hydrogen) atoms. The lowest BCUT2D eigenvalue weighted by Gasteiger charge is -2.27. The van der Waals surface area contributed by atoms with Crippen molar-refractivity contribution >= 4 is 61.2 Å². The Hall–Kier alpha value is -5.42. The molecule has 5 heteroatoms. The Kier molecular flexibility index (Phi) is 4.76. The maximum Gasteiger partial charge on any atom is 0.155 e. The fourth-order valence-electron chi connectivity index (χ4n) is 5.37. The minimum atomic E-state index is 0.730. The number of para-hydroxylation sites is 3. The lowest BCUT2D eigenvalue weighted by atomic mass is 10.0. The predicted molar refractivity (Wildman–Crippen MR) is 157 cm³/mol. The highest BCUT2D eigenvalue weighted by molar-refractivity contribution is 6.05. The van der Waals surface area contributed by atoms with Crippen LogP contribution in [0.25, 0.3) is 55.3 Å². The molecule has 0 spiro atoms. The fraction of sp³-hybridized carbons (Fsp3) is 0. The molecular formula is C34H21N3O2. The number of hydrogen-bond donors (Lipinski definition) is 0. The Morgan fingerprint density at radius 3 is 1.62 bits per heavy atom. The third kappa shape index (κ3) is 3.48. The van der Waals surface area contributed by atoms with Crippen LogP contribution in [-0.4, -0.2) is 9.97 Å². The van der Waals surface area contributed by atoms with Gasteiger partial charge in [0, 0.05) is 28.5 Å². The SMILES string of the molecule is c1ccc(-c2ccccc2N(c2cnc3c(c2)oc2ccccc23)c2cnc3c(c2)oc2ccccc23)cc1. The van der Waals surface area contributed by atoms with E-state index in [2.05, 4.69) is 53.4 Å². The first-order chi connectivity index (χ1) is 19.3. The van der Waals surface area contributed by atoms with E-state index >= 15 is 0 Å². The van der Waals surface area contributed by atoms with Gasteiger partial charge in [-0.15, -0.1) is 0 Å². The van der Waals surface area contributed by atoms with Gasteiger partial charge in [-0.1, -0.05) is 72.8 Å². The van der Waals surface area contributed by atoms with E-state index in [-0.39, 0.29) is 0 Å². The fourth-order valence-corrected chi connectivity index (χ4v) is 5.37. The highest BCUT2D eigenvalue weighted by Gasteiger charge is 2.21. The van der Waals surface area contributed by atoms with Gasteiger partial charge in [-0.25, -0.2) is 9.97 Å². The summed E-state index contributed by atoms with van der Waals surface area (Å²) in [6.07, 6.45) is 3.80. The molecule has 0 N–H and O–H groups in total. The van der Waals surface area contributed by atoms with Crippen LogP contribution >= 0.6 is 0 Å². The van der Waals surface area contributed by atoms with Crippen LogP contribution in [0.4, 0.5) is 17.1 Å². The first-order valence-corrected chi connectivity index (χ1v) is 12.8. The highest BCUT2D eigenvalue weighted by atomic mass is 16.3. The molecule has 0 aliphatic rings. The number of anilines is 3. The highest BCUT2D eigenvalue weighted by Crippen LogP contribution is 2.43. The van der Waals surface area contributed by atoms with E-state index < -0.39 is 0 Å². The van der Waals surface area contributed by atoms with Crippen molar-refractivity contribution in [1.82, 2.24) is 9.97 Å². The number of aromatic nitrogens is 2. The van der Waals surface area contributed by atoms with Crippen LogP contribution in [-0.2, 0) is 0 Å². The third-order valence-electron chi connectivity index (χ3n) is 7.15. The number of hydrogen-bond acceptors (Lipinski definition) is 5. The van der Waals surface area contributed by atoms with Gasteiger partial charge < -0.3 is 13.7 Å². The molecule has 4 heterocycles. The van der Waals surface area contributed by atoms with E-state index in [0.717, 1.165) is 72.3 Å². The van der Waals surface area contributed by atoms with E-state index in [0.29, 0.717) is 0 Å². The number of nitrogens with zero attached hydrogens (tertiary/aromatic N) is 3. The molecule has 4 aromatic heterocycles. The van der Waals surface area contributed by atoms with Crippen LogP contribution in [0.3, 0.4) is 0 Å². The quantitative estimate of drug-likeness (QED) is 0.239. The molecule has 0 radical (unpaired) electrons. The summed E-state index contributed by atoms with van der Waals surface area (Å²) in [7, 11) is 0. The number of pyridine rings is 2. The Morgan fingerprint density at radius 2 is 1.00 bits per heavy atom. The van der Waals surface area contributed by atoms with Gasteiger partial charge in [0.15, 0.2) is 11.2 Å². The largest absolute Gasteiger partial charge is 0.454 e. The van der Waals surface area contributed by atoms with Gasteiger partial charge in [0.2, 0.25) is 0 Å². The number of rotatable bonds is 4. The van der Waals surface area contributed by atoms with Gasteiger partial charge >= 0.3 is 0 Å². The van der Waals surface area contributed by atoms with Crippen molar-refractivity contribution in [3.05, 3.63) is 128 Å².